The third-order valence-corrected chi connectivity index (χ3v) is 4.15. The summed E-state index contributed by atoms with van der Waals surface area (Å²) < 4.78 is 0. The fourth-order valence-corrected chi connectivity index (χ4v) is 2.60. The summed E-state index contributed by atoms with van der Waals surface area (Å²) in [6, 6.07) is 7.46. The van der Waals surface area contributed by atoms with Crippen molar-refractivity contribution in [3.8, 4) is 0 Å². The quantitative estimate of drug-likeness (QED) is 0.811. The minimum atomic E-state index is -0.922. The first-order valence-electron chi connectivity index (χ1n) is 7.60. The highest BCUT2D eigenvalue weighted by Gasteiger charge is 2.37. The Kier molecular flexibility index (Phi) is 4.99. The van der Waals surface area contributed by atoms with E-state index >= 15 is 0 Å². The molecular formula is C17H23NO3. The minimum absolute atomic E-state index is 0.117. The first kappa shape index (κ1) is 15.5. The predicted octanol–water partition coefficient (Wildman–Crippen LogP) is 2.86. The van der Waals surface area contributed by atoms with Crippen molar-refractivity contribution < 1.29 is 14.7 Å². The van der Waals surface area contributed by atoms with Gasteiger partial charge in [-0.3, -0.25) is 4.79 Å². The Hall–Kier alpha value is -1.84. The van der Waals surface area contributed by atoms with Gasteiger partial charge >= 0.3 is 5.97 Å². The topological polar surface area (TPSA) is 66.4 Å². The second-order valence-electron chi connectivity index (χ2n) is 5.94. The predicted molar refractivity (Wildman–Crippen MR) is 81.1 cm³/mol. The van der Waals surface area contributed by atoms with Crippen molar-refractivity contribution in [2.24, 2.45) is 5.92 Å². The molecule has 1 aromatic rings. The van der Waals surface area contributed by atoms with Crippen molar-refractivity contribution in [3.63, 3.8) is 0 Å². The van der Waals surface area contributed by atoms with E-state index in [4.69, 9.17) is 5.11 Å². The van der Waals surface area contributed by atoms with Crippen LogP contribution in [0.15, 0.2) is 24.3 Å². The van der Waals surface area contributed by atoms with E-state index < -0.39 is 12.0 Å². The molecule has 21 heavy (non-hydrogen) atoms. The third kappa shape index (κ3) is 4.31. The Balaban J connectivity index is 1.96. The van der Waals surface area contributed by atoms with Crippen molar-refractivity contribution in [3.05, 3.63) is 35.4 Å². The van der Waals surface area contributed by atoms with Gasteiger partial charge in [-0.05, 0) is 43.6 Å². The lowest BCUT2D eigenvalue weighted by molar-refractivity contribution is -0.142. The number of amides is 1. The number of aryl methyl sites for hydroxylation is 1. The van der Waals surface area contributed by atoms with Gasteiger partial charge in [0, 0.05) is 6.42 Å². The first-order chi connectivity index (χ1) is 10.0. The molecule has 0 saturated heterocycles. The average Bonchev–Trinajstić information content (AvgIpc) is 3.27. The number of carbonyl (C=O) groups is 2. The standard InChI is InChI=1S/C17H23NO3/c1-3-12(13-6-4-11(2)5-7-13)10-15(19)18-16(17(20)21)14-8-9-14/h4-7,12,14,16H,3,8-10H2,1-2H3,(H,18,19)(H,20,21). The monoisotopic (exact) mass is 289 g/mol. The van der Waals surface area contributed by atoms with E-state index in [1.54, 1.807) is 0 Å². The average molecular weight is 289 g/mol. The molecule has 114 valence electrons. The number of carbonyl (C=O) groups excluding carboxylic acids is 1. The first-order valence-corrected chi connectivity index (χ1v) is 7.60. The summed E-state index contributed by atoms with van der Waals surface area (Å²) >= 11 is 0. The number of carboxylic acid groups (broad SMARTS) is 1. The molecule has 0 aromatic heterocycles. The SMILES string of the molecule is CCC(CC(=O)NC(C(=O)O)C1CC1)c1ccc(C)cc1. The molecule has 0 bridgehead atoms. The van der Waals surface area contributed by atoms with Crippen LogP contribution in [-0.2, 0) is 9.59 Å². The molecule has 2 atom stereocenters. The van der Waals surface area contributed by atoms with E-state index in [1.165, 1.54) is 5.56 Å². The zero-order valence-corrected chi connectivity index (χ0v) is 12.6. The largest absolute Gasteiger partial charge is 0.480 e. The molecule has 1 aliphatic rings. The maximum Gasteiger partial charge on any atom is 0.326 e. The van der Waals surface area contributed by atoms with Gasteiger partial charge in [-0.25, -0.2) is 4.79 Å². The van der Waals surface area contributed by atoms with E-state index in [1.807, 2.05) is 38.1 Å². The number of nitrogens with one attached hydrogen (secondary N) is 1. The third-order valence-electron chi connectivity index (χ3n) is 4.15. The molecule has 1 amide bonds. The molecular weight excluding hydrogens is 266 g/mol. The Bertz CT molecular complexity index is 505. The van der Waals surface area contributed by atoms with Gasteiger partial charge in [0.15, 0.2) is 0 Å². The Morgan fingerprint density at radius 1 is 1.29 bits per heavy atom. The summed E-state index contributed by atoms with van der Waals surface area (Å²) in [5.41, 5.74) is 2.33. The van der Waals surface area contributed by atoms with Crippen molar-refractivity contribution in [2.45, 2.75) is 51.5 Å². The van der Waals surface area contributed by atoms with Crippen molar-refractivity contribution in [1.82, 2.24) is 5.32 Å². The number of hydrogen-bond donors (Lipinski definition) is 2. The molecule has 4 heteroatoms. The summed E-state index contributed by atoms with van der Waals surface area (Å²) in [6.45, 7) is 4.08. The summed E-state index contributed by atoms with van der Waals surface area (Å²) in [4.78, 5) is 23.3. The molecule has 1 aliphatic carbocycles. The van der Waals surface area contributed by atoms with Crippen molar-refractivity contribution in [1.29, 1.82) is 0 Å². The number of benzene rings is 1. The maximum absolute atomic E-state index is 12.1. The Morgan fingerprint density at radius 2 is 1.90 bits per heavy atom. The number of hydrogen-bond acceptors (Lipinski definition) is 2. The van der Waals surface area contributed by atoms with Crippen LogP contribution in [0.3, 0.4) is 0 Å². The lowest BCUT2D eigenvalue weighted by Crippen LogP contribution is -2.42. The van der Waals surface area contributed by atoms with Gasteiger partial charge in [0.05, 0.1) is 0 Å². The zero-order valence-electron chi connectivity index (χ0n) is 12.6. The molecule has 2 unspecified atom stereocenters. The molecule has 0 radical (unpaired) electrons. The normalized spacial score (nSPS) is 17.0. The lowest BCUT2D eigenvalue weighted by atomic mass is 9.92. The molecule has 2 N–H and O–H groups in total. The van der Waals surface area contributed by atoms with Crippen LogP contribution in [-0.4, -0.2) is 23.0 Å². The van der Waals surface area contributed by atoms with Gasteiger partial charge in [0.25, 0.3) is 0 Å². The van der Waals surface area contributed by atoms with Crippen LogP contribution >= 0.6 is 0 Å². The summed E-state index contributed by atoms with van der Waals surface area (Å²) in [7, 11) is 0. The van der Waals surface area contributed by atoms with Gasteiger partial charge < -0.3 is 10.4 Å². The molecule has 1 fully saturated rings. The number of rotatable bonds is 7. The zero-order chi connectivity index (χ0) is 15.4. The molecule has 1 aromatic carbocycles. The van der Waals surface area contributed by atoms with Gasteiger partial charge in [-0.15, -0.1) is 0 Å². The van der Waals surface area contributed by atoms with Crippen LogP contribution < -0.4 is 5.32 Å². The van der Waals surface area contributed by atoms with E-state index in [0.29, 0.717) is 6.42 Å². The fraction of sp³-hybridized carbons (Fsp3) is 0.529. The van der Waals surface area contributed by atoms with Gasteiger partial charge in [0.1, 0.15) is 6.04 Å². The molecule has 0 heterocycles. The fourth-order valence-electron chi connectivity index (χ4n) is 2.60. The lowest BCUT2D eigenvalue weighted by Gasteiger charge is -2.18. The second kappa shape index (κ2) is 6.74. The highest BCUT2D eigenvalue weighted by atomic mass is 16.4. The van der Waals surface area contributed by atoms with Gasteiger partial charge in [-0.2, -0.15) is 0 Å². The number of aliphatic carboxylic acids is 1. The molecule has 1 saturated carbocycles. The maximum atomic E-state index is 12.1. The van der Waals surface area contributed by atoms with E-state index in [9.17, 15) is 9.59 Å². The Labute approximate surface area is 125 Å². The van der Waals surface area contributed by atoms with E-state index in [0.717, 1.165) is 24.8 Å². The van der Waals surface area contributed by atoms with Crippen LogP contribution in [0.4, 0.5) is 0 Å². The summed E-state index contributed by atoms with van der Waals surface area (Å²) in [5, 5.41) is 11.8. The van der Waals surface area contributed by atoms with Crippen molar-refractivity contribution >= 4 is 11.9 Å². The number of carboxylic acids is 1. The smallest absolute Gasteiger partial charge is 0.326 e. The van der Waals surface area contributed by atoms with E-state index in [2.05, 4.69) is 5.32 Å². The minimum Gasteiger partial charge on any atom is -0.480 e. The summed E-state index contributed by atoms with van der Waals surface area (Å²) in [6.07, 6.45) is 2.99. The van der Waals surface area contributed by atoms with Crippen molar-refractivity contribution in [2.75, 3.05) is 0 Å². The molecule has 0 aliphatic heterocycles. The van der Waals surface area contributed by atoms with Gasteiger partial charge in [0.2, 0.25) is 5.91 Å². The molecule has 2 rings (SSSR count). The second-order valence-corrected chi connectivity index (χ2v) is 5.94. The van der Waals surface area contributed by atoms with Crippen LogP contribution in [0.1, 0.15) is 49.7 Å². The van der Waals surface area contributed by atoms with Crippen LogP contribution in [0.2, 0.25) is 0 Å². The molecule has 0 spiro atoms. The van der Waals surface area contributed by atoms with Gasteiger partial charge in [-0.1, -0.05) is 36.8 Å². The highest BCUT2D eigenvalue weighted by Crippen LogP contribution is 2.33. The molecule has 4 nitrogen and oxygen atoms in total. The Morgan fingerprint density at radius 3 is 2.38 bits per heavy atom. The van der Waals surface area contributed by atoms with E-state index in [-0.39, 0.29) is 17.7 Å². The van der Waals surface area contributed by atoms with Crippen LogP contribution in [0, 0.1) is 12.8 Å². The highest BCUT2D eigenvalue weighted by molar-refractivity contribution is 5.84. The van der Waals surface area contributed by atoms with Crippen LogP contribution in [0.25, 0.3) is 0 Å². The van der Waals surface area contributed by atoms with Crippen LogP contribution in [0.5, 0.6) is 0 Å². The summed E-state index contributed by atoms with van der Waals surface area (Å²) in [5.74, 6) is -0.832.